The Morgan fingerprint density at radius 2 is 1.57 bits per heavy atom. The first-order valence-corrected chi connectivity index (χ1v) is 7.31. The minimum absolute atomic E-state index is 0.122. The summed E-state index contributed by atoms with van der Waals surface area (Å²) in [6.07, 6.45) is 3.71. The molecule has 0 spiro atoms. The van der Waals surface area contributed by atoms with Gasteiger partial charge in [0, 0.05) is 11.1 Å². The number of ether oxygens (including phenoxy) is 1. The average Bonchev–Trinajstić information content (AvgIpc) is 2.81. The highest BCUT2D eigenvalue weighted by Gasteiger charge is 2.26. The lowest BCUT2D eigenvalue weighted by Crippen LogP contribution is -2.17. The van der Waals surface area contributed by atoms with E-state index in [0.29, 0.717) is 12.5 Å². The van der Waals surface area contributed by atoms with Gasteiger partial charge < -0.3 is 9.84 Å². The van der Waals surface area contributed by atoms with Crippen molar-refractivity contribution in [1.82, 2.24) is 0 Å². The van der Waals surface area contributed by atoms with Crippen molar-refractivity contribution < 1.29 is 9.84 Å². The predicted octanol–water partition coefficient (Wildman–Crippen LogP) is 4.39. The van der Waals surface area contributed by atoms with Crippen LogP contribution in [0.25, 0.3) is 6.08 Å². The fourth-order valence-electron chi connectivity index (χ4n) is 2.40. The topological polar surface area (TPSA) is 41.8 Å². The molecule has 0 amide bonds. The van der Waals surface area contributed by atoms with Crippen LogP contribution in [0.3, 0.4) is 0 Å². The molecule has 21 heavy (non-hydrogen) atoms. The van der Waals surface area contributed by atoms with Gasteiger partial charge in [-0.3, -0.25) is 0 Å². The SMILES string of the molecule is CC(C)(C)c1cc(C=C2C=NCO2)cc(C(C)(C)C)c1O. The second-order valence-electron chi connectivity index (χ2n) is 7.60. The Bertz CT molecular complexity index is 564. The third-order valence-electron chi connectivity index (χ3n) is 3.58. The fraction of sp³-hybridized carbons (Fsp3) is 0.500. The summed E-state index contributed by atoms with van der Waals surface area (Å²) in [5.41, 5.74) is 2.70. The van der Waals surface area contributed by atoms with Crippen LogP contribution in [0, 0.1) is 0 Å². The maximum atomic E-state index is 10.7. The molecule has 1 aromatic rings. The van der Waals surface area contributed by atoms with Crippen LogP contribution in [-0.2, 0) is 15.6 Å². The fourth-order valence-corrected chi connectivity index (χ4v) is 2.40. The van der Waals surface area contributed by atoms with Gasteiger partial charge in [-0.25, -0.2) is 4.99 Å². The lowest BCUT2D eigenvalue weighted by molar-refractivity contribution is 0.265. The van der Waals surface area contributed by atoms with Crippen LogP contribution in [0.4, 0.5) is 0 Å². The van der Waals surface area contributed by atoms with Crippen LogP contribution in [-0.4, -0.2) is 18.1 Å². The summed E-state index contributed by atoms with van der Waals surface area (Å²) in [7, 11) is 0. The Hall–Kier alpha value is -1.77. The lowest BCUT2D eigenvalue weighted by Gasteiger charge is -2.27. The predicted molar refractivity (Wildman–Crippen MR) is 87.9 cm³/mol. The number of benzene rings is 1. The molecule has 114 valence electrons. The Balaban J connectivity index is 2.62. The first kappa shape index (κ1) is 15.6. The molecule has 1 N–H and O–H groups in total. The zero-order valence-corrected chi connectivity index (χ0v) is 13.8. The minimum Gasteiger partial charge on any atom is -0.507 e. The number of rotatable bonds is 1. The van der Waals surface area contributed by atoms with E-state index >= 15 is 0 Å². The van der Waals surface area contributed by atoms with E-state index in [4.69, 9.17) is 4.74 Å². The number of hydrogen-bond donors (Lipinski definition) is 1. The van der Waals surface area contributed by atoms with Gasteiger partial charge in [-0.1, -0.05) is 41.5 Å². The normalized spacial score (nSPS) is 17.3. The molecule has 0 aromatic heterocycles. The van der Waals surface area contributed by atoms with Gasteiger partial charge in [0.15, 0.2) is 6.73 Å². The van der Waals surface area contributed by atoms with Crippen molar-refractivity contribution in [2.75, 3.05) is 6.73 Å². The van der Waals surface area contributed by atoms with Crippen LogP contribution in [0.5, 0.6) is 5.75 Å². The van der Waals surface area contributed by atoms with Gasteiger partial charge >= 0.3 is 0 Å². The number of phenolic OH excluding ortho intramolecular Hbond substituents is 1. The Morgan fingerprint density at radius 3 is 1.95 bits per heavy atom. The molecule has 1 aliphatic rings. The summed E-state index contributed by atoms with van der Waals surface area (Å²) in [5.74, 6) is 1.17. The molecule has 0 fully saturated rings. The first-order valence-electron chi connectivity index (χ1n) is 7.31. The second-order valence-corrected chi connectivity index (χ2v) is 7.60. The highest BCUT2D eigenvalue weighted by Crippen LogP contribution is 2.40. The molecule has 3 heteroatoms. The van der Waals surface area contributed by atoms with E-state index in [0.717, 1.165) is 22.4 Å². The van der Waals surface area contributed by atoms with Crippen molar-refractivity contribution >= 4 is 12.3 Å². The van der Waals surface area contributed by atoms with Crippen LogP contribution >= 0.6 is 0 Å². The zero-order chi connectivity index (χ0) is 15.8. The van der Waals surface area contributed by atoms with E-state index in [2.05, 4.69) is 46.5 Å². The summed E-state index contributed by atoms with van der Waals surface area (Å²) >= 11 is 0. The van der Waals surface area contributed by atoms with Crippen molar-refractivity contribution in [2.24, 2.45) is 4.99 Å². The Kier molecular flexibility index (Phi) is 3.87. The molecular weight excluding hydrogens is 262 g/mol. The van der Waals surface area contributed by atoms with E-state index in [9.17, 15) is 5.11 Å². The van der Waals surface area contributed by atoms with Crippen molar-refractivity contribution in [3.05, 3.63) is 34.6 Å². The van der Waals surface area contributed by atoms with E-state index in [1.54, 1.807) is 6.21 Å². The number of aliphatic imine (C=N–C) groups is 1. The lowest BCUT2D eigenvalue weighted by atomic mass is 9.78. The highest BCUT2D eigenvalue weighted by molar-refractivity contribution is 5.84. The van der Waals surface area contributed by atoms with E-state index in [1.165, 1.54) is 0 Å². The molecule has 2 rings (SSSR count). The number of allylic oxidation sites excluding steroid dienone is 1. The molecule has 0 bridgehead atoms. The average molecular weight is 287 g/mol. The molecule has 0 atom stereocenters. The molecule has 0 aliphatic carbocycles. The molecular formula is C18H25NO2. The number of hydrogen-bond acceptors (Lipinski definition) is 3. The zero-order valence-electron chi connectivity index (χ0n) is 13.8. The molecule has 0 unspecified atom stereocenters. The van der Waals surface area contributed by atoms with Gasteiger partial charge in [0.1, 0.15) is 11.5 Å². The van der Waals surface area contributed by atoms with Crippen LogP contribution < -0.4 is 0 Å². The third kappa shape index (κ3) is 3.46. The Morgan fingerprint density at radius 1 is 1.05 bits per heavy atom. The van der Waals surface area contributed by atoms with Gasteiger partial charge in [0.05, 0.1) is 6.21 Å². The van der Waals surface area contributed by atoms with E-state index in [1.807, 2.05) is 18.2 Å². The molecule has 1 aliphatic heterocycles. The smallest absolute Gasteiger partial charge is 0.179 e. The molecule has 0 radical (unpaired) electrons. The van der Waals surface area contributed by atoms with Gasteiger partial charge in [0.25, 0.3) is 0 Å². The molecule has 3 nitrogen and oxygen atoms in total. The summed E-state index contributed by atoms with van der Waals surface area (Å²) in [6.45, 7) is 13.1. The molecule has 0 saturated heterocycles. The van der Waals surface area contributed by atoms with E-state index < -0.39 is 0 Å². The highest BCUT2D eigenvalue weighted by atomic mass is 16.5. The molecule has 0 saturated carbocycles. The van der Waals surface area contributed by atoms with E-state index in [-0.39, 0.29) is 10.8 Å². The number of nitrogens with zero attached hydrogens (tertiary/aromatic N) is 1. The summed E-state index contributed by atoms with van der Waals surface area (Å²) in [6, 6.07) is 4.07. The van der Waals surface area contributed by atoms with Crippen molar-refractivity contribution in [3.8, 4) is 5.75 Å². The maximum Gasteiger partial charge on any atom is 0.179 e. The quantitative estimate of drug-likeness (QED) is 0.832. The van der Waals surface area contributed by atoms with Crippen LogP contribution in [0.1, 0.15) is 58.2 Å². The molecule has 1 aromatic carbocycles. The summed E-state index contributed by atoms with van der Waals surface area (Å²) in [5, 5.41) is 10.7. The number of phenols is 1. The van der Waals surface area contributed by atoms with Gasteiger partial charge in [-0.15, -0.1) is 0 Å². The minimum atomic E-state index is -0.122. The first-order chi connectivity index (χ1) is 9.59. The molecule has 1 heterocycles. The Labute approximate surface area is 127 Å². The summed E-state index contributed by atoms with van der Waals surface area (Å²) in [4.78, 5) is 4.06. The van der Waals surface area contributed by atoms with Gasteiger partial charge in [-0.2, -0.15) is 0 Å². The second kappa shape index (κ2) is 5.21. The maximum absolute atomic E-state index is 10.7. The largest absolute Gasteiger partial charge is 0.507 e. The van der Waals surface area contributed by atoms with Crippen molar-refractivity contribution in [1.29, 1.82) is 0 Å². The van der Waals surface area contributed by atoms with Gasteiger partial charge in [0.2, 0.25) is 0 Å². The standard InChI is InChI=1S/C18H25NO2/c1-17(2,3)14-8-12(7-13-10-19-11-21-13)9-15(16(14)20)18(4,5)6/h7-10,20H,11H2,1-6H3. The third-order valence-corrected chi connectivity index (χ3v) is 3.58. The van der Waals surface area contributed by atoms with Crippen molar-refractivity contribution in [2.45, 2.75) is 52.4 Å². The van der Waals surface area contributed by atoms with Crippen LogP contribution in [0.15, 0.2) is 22.9 Å². The van der Waals surface area contributed by atoms with Gasteiger partial charge in [-0.05, 0) is 34.6 Å². The van der Waals surface area contributed by atoms with Crippen molar-refractivity contribution in [3.63, 3.8) is 0 Å². The summed E-state index contributed by atoms with van der Waals surface area (Å²) < 4.78 is 5.41. The number of aromatic hydroxyl groups is 1. The monoisotopic (exact) mass is 287 g/mol. The van der Waals surface area contributed by atoms with Crippen LogP contribution in [0.2, 0.25) is 0 Å².